The topological polar surface area (TPSA) is 126 Å². The van der Waals surface area contributed by atoms with Crippen molar-refractivity contribution in [3.05, 3.63) is 41.7 Å². The molecule has 0 radical (unpaired) electrons. The van der Waals surface area contributed by atoms with E-state index in [1.807, 2.05) is 24.3 Å². The smallest absolute Gasteiger partial charge is 0.425 e. The molecule has 3 amide bonds. The summed E-state index contributed by atoms with van der Waals surface area (Å²) >= 11 is 0. The van der Waals surface area contributed by atoms with Crippen LogP contribution in [0.2, 0.25) is 0 Å². The maximum atomic E-state index is 13.8. The maximum absolute atomic E-state index is 13.8. The highest BCUT2D eigenvalue weighted by molar-refractivity contribution is 6.09. The number of carbonyl (C=O) groups is 3. The van der Waals surface area contributed by atoms with Crippen molar-refractivity contribution in [2.24, 2.45) is 0 Å². The van der Waals surface area contributed by atoms with Crippen LogP contribution in [0.25, 0.3) is 0 Å². The number of nitrogens with one attached hydrogen (secondary N) is 1. The Morgan fingerprint density at radius 1 is 0.860 bits per heavy atom. The standard InChI is InChI=1S/C31H44N6O6/c1-29(2,3)41-26(38)36-21-13-11-10-12-20(21)18-22(36)24-25(33-19-23(34-24)35-16-14-32-15-17-35)37(27(39)42-30(4,5)6)28(40)43-31(7,8)9/h10-13,19,22,32H,14-18H2,1-9H3. The number of anilines is 3. The minimum atomic E-state index is -0.966. The van der Waals surface area contributed by atoms with Crippen LogP contribution < -0.4 is 20.0 Å². The van der Waals surface area contributed by atoms with Crippen molar-refractivity contribution in [1.82, 2.24) is 15.3 Å². The van der Waals surface area contributed by atoms with E-state index in [0.717, 1.165) is 23.6 Å². The predicted octanol–water partition coefficient (Wildman–Crippen LogP) is 5.60. The Kier molecular flexibility index (Phi) is 8.92. The summed E-state index contributed by atoms with van der Waals surface area (Å²) < 4.78 is 17.1. The van der Waals surface area contributed by atoms with E-state index in [1.165, 1.54) is 11.1 Å². The third kappa shape index (κ3) is 7.92. The molecule has 1 atom stereocenters. The lowest BCUT2D eigenvalue weighted by Crippen LogP contribution is -2.46. The van der Waals surface area contributed by atoms with Gasteiger partial charge in [0, 0.05) is 32.6 Å². The lowest BCUT2D eigenvalue weighted by molar-refractivity contribution is 0.0427. The van der Waals surface area contributed by atoms with Crippen molar-refractivity contribution in [3.8, 4) is 0 Å². The number of piperazine rings is 1. The first-order valence-electron chi connectivity index (χ1n) is 14.6. The average molecular weight is 597 g/mol. The first kappa shape index (κ1) is 32.0. The van der Waals surface area contributed by atoms with Crippen molar-refractivity contribution < 1.29 is 28.6 Å². The van der Waals surface area contributed by atoms with E-state index in [9.17, 15) is 14.4 Å². The molecule has 0 aliphatic carbocycles. The Labute approximate surface area is 253 Å². The van der Waals surface area contributed by atoms with Gasteiger partial charge in [-0.1, -0.05) is 18.2 Å². The minimum Gasteiger partial charge on any atom is -0.443 e. The van der Waals surface area contributed by atoms with Gasteiger partial charge in [0.25, 0.3) is 0 Å². The van der Waals surface area contributed by atoms with Crippen LogP contribution in [0.3, 0.4) is 0 Å². The third-order valence-corrected chi connectivity index (χ3v) is 6.45. The number of imide groups is 1. The lowest BCUT2D eigenvalue weighted by Gasteiger charge is -2.33. The molecule has 2 aliphatic heterocycles. The van der Waals surface area contributed by atoms with Crippen molar-refractivity contribution in [2.75, 3.05) is 40.9 Å². The van der Waals surface area contributed by atoms with E-state index in [2.05, 4.69) is 15.2 Å². The van der Waals surface area contributed by atoms with Gasteiger partial charge >= 0.3 is 18.3 Å². The molecule has 12 nitrogen and oxygen atoms in total. The number of aromatic nitrogens is 2. The van der Waals surface area contributed by atoms with Crippen LogP contribution in [-0.4, -0.2) is 71.2 Å². The highest BCUT2D eigenvalue weighted by atomic mass is 16.6. The second-order valence-corrected chi connectivity index (χ2v) is 13.7. The van der Waals surface area contributed by atoms with Gasteiger partial charge in [-0.25, -0.2) is 24.4 Å². The van der Waals surface area contributed by atoms with Crippen LogP contribution in [0, 0.1) is 0 Å². The number of nitrogens with zero attached hydrogens (tertiary/aromatic N) is 5. The summed E-state index contributed by atoms with van der Waals surface area (Å²) in [6, 6.07) is 6.76. The second-order valence-electron chi connectivity index (χ2n) is 13.7. The Bertz CT molecular complexity index is 1330. The Balaban J connectivity index is 1.91. The Morgan fingerprint density at radius 2 is 1.42 bits per heavy atom. The van der Waals surface area contributed by atoms with Gasteiger partial charge in [-0.15, -0.1) is 0 Å². The zero-order valence-corrected chi connectivity index (χ0v) is 26.7. The number of carbonyl (C=O) groups excluding carboxylic acids is 3. The molecular weight excluding hydrogens is 552 g/mol. The van der Waals surface area contributed by atoms with Crippen LogP contribution >= 0.6 is 0 Å². The van der Waals surface area contributed by atoms with Crippen LogP contribution in [0.4, 0.5) is 31.7 Å². The Hall–Kier alpha value is -3.93. The largest absolute Gasteiger partial charge is 0.443 e. The fourth-order valence-corrected chi connectivity index (χ4v) is 4.83. The van der Waals surface area contributed by atoms with Crippen molar-refractivity contribution >= 4 is 35.6 Å². The molecular formula is C31H44N6O6. The number of hydrogen-bond donors (Lipinski definition) is 1. The molecule has 43 heavy (non-hydrogen) atoms. The molecule has 4 rings (SSSR count). The molecule has 1 saturated heterocycles. The second kappa shape index (κ2) is 12.0. The molecule has 1 N–H and O–H groups in total. The van der Waals surface area contributed by atoms with Gasteiger partial charge in [-0.2, -0.15) is 4.90 Å². The summed E-state index contributed by atoms with van der Waals surface area (Å²) in [5, 5.41) is 3.32. The molecule has 234 valence electrons. The molecule has 1 fully saturated rings. The molecule has 1 aromatic carbocycles. The van der Waals surface area contributed by atoms with Gasteiger partial charge in [-0.05, 0) is 73.9 Å². The number of para-hydroxylation sites is 1. The molecule has 12 heteroatoms. The normalized spacial score (nSPS) is 17.3. The van der Waals surface area contributed by atoms with Crippen molar-refractivity contribution in [3.63, 3.8) is 0 Å². The summed E-state index contributed by atoms with van der Waals surface area (Å²) in [6.07, 6.45) is -0.619. The third-order valence-electron chi connectivity index (χ3n) is 6.45. The van der Waals surface area contributed by atoms with E-state index in [-0.39, 0.29) is 11.5 Å². The summed E-state index contributed by atoms with van der Waals surface area (Å²) in [5.74, 6) is 0.488. The quantitative estimate of drug-likeness (QED) is 0.447. The van der Waals surface area contributed by atoms with E-state index in [4.69, 9.17) is 19.2 Å². The monoisotopic (exact) mass is 596 g/mol. The maximum Gasteiger partial charge on any atom is 0.425 e. The van der Waals surface area contributed by atoms with Crippen LogP contribution in [0.15, 0.2) is 30.5 Å². The van der Waals surface area contributed by atoms with E-state index in [1.54, 1.807) is 62.3 Å². The lowest BCUT2D eigenvalue weighted by atomic mass is 10.1. The number of hydrogen-bond acceptors (Lipinski definition) is 10. The zero-order chi connectivity index (χ0) is 31.7. The summed E-state index contributed by atoms with van der Waals surface area (Å²) in [4.78, 5) is 55.1. The number of amides is 3. The molecule has 0 bridgehead atoms. The van der Waals surface area contributed by atoms with Gasteiger partial charge < -0.3 is 24.4 Å². The SMILES string of the molecule is CC(C)(C)OC(=O)N(C(=O)OC(C)(C)C)c1ncc(N2CCNCC2)nc1C1Cc2ccccc2N1C(=O)OC(C)(C)C. The van der Waals surface area contributed by atoms with Gasteiger partial charge in [0.1, 0.15) is 28.3 Å². The number of ether oxygens (including phenoxy) is 3. The highest BCUT2D eigenvalue weighted by Crippen LogP contribution is 2.43. The molecule has 0 saturated carbocycles. The molecule has 1 aromatic heterocycles. The van der Waals surface area contributed by atoms with Crippen LogP contribution in [-0.2, 0) is 20.6 Å². The first-order chi connectivity index (χ1) is 19.9. The fourth-order valence-electron chi connectivity index (χ4n) is 4.83. The highest BCUT2D eigenvalue weighted by Gasteiger charge is 2.43. The van der Waals surface area contributed by atoms with Gasteiger partial charge in [0.15, 0.2) is 5.82 Å². The summed E-state index contributed by atoms with van der Waals surface area (Å²) in [6.45, 7) is 18.5. The van der Waals surface area contributed by atoms with Crippen molar-refractivity contribution in [2.45, 2.75) is 91.6 Å². The van der Waals surface area contributed by atoms with E-state index < -0.39 is 41.1 Å². The molecule has 1 unspecified atom stereocenters. The molecule has 0 spiro atoms. The molecule has 2 aliphatic rings. The minimum absolute atomic E-state index is 0.0752. The number of fused-ring (bicyclic) bond motifs is 1. The Morgan fingerprint density at radius 3 is 1.98 bits per heavy atom. The van der Waals surface area contributed by atoms with Crippen LogP contribution in [0.1, 0.15) is 79.6 Å². The summed E-state index contributed by atoms with van der Waals surface area (Å²) in [7, 11) is 0. The first-order valence-corrected chi connectivity index (χ1v) is 14.6. The van der Waals surface area contributed by atoms with Gasteiger partial charge in [0.2, 0.25) is 0 Å². The fraction of sp³-hybridized carbons (Fsp3) is 0.581. The number of rotatable bonds is 3. The summed E-state index contributed by atoms with van der Waals surface area (Å²) in [5.41, 5.74) is -0.817. The average Bonchev–Trinajstić information content (AvgIpc) is 3.26. The van der Waals surface area contributed by atoms with E-state index in [0.29, 0.717) is 31.0 Å². The van der Waals surface area contributed by atoms with Gasteiger partial charge in [-0.3, -0.25) is 4.90 Å². The molecule has 2 aromatic rings. The van der Waals surface area contributed by atoms with E-state index >= 15 is 0 Å². The van der Waals surface area contributed by atoms with Crippen molar-refractivity contribution in [1.29, 1.82) is 0 Å². The van der Waals surface area contributed by atoms with Crippen LogP contribution in [0.5, 0.6) is 0 Å². The van der Waals surface area contributed by atoms with Gasteiger partial charge in [0.05, 0.1) is 17.9 Å². The predicted molar refractivity (Wildman–Crippen MR) is 164 cm³/mol. The zero-order valence-electron chi connectivity index (χ0n) is 26.7. The molecule has 3 heterocycles. The number of benzene rings is 1.